The predicted molar refractivity (Wildman–Crippen MR) is 71.5 cm³/mol. The zero-order chi connectivity index (χ0) is 12.7. The Hall–Kier alpha value is -0.810. The fraction of sp³-hybridized carbons (Fsp3) is 0.615. The molecule has 0 saturated carbocycles. The van der Waals surface area contributed by atoms with E-state index in [1.54, 1.807) is 12.1 Å². The van der Waals surface area contributed by atoms with Gasteiger partial charge in [0.1, 0.15) is 0 Å². The second-order valence-corrected chi connectivity index (χ2v) is 5.98. The van der Waals surface area contributed by atoms with Crippen molar-refractivity contribution in [2.45, 2.75) is 31.3 Å². The highest BCUT2D eigenvalue weighted by Gasteiger charge is 2.36. The van der Waals surface area contributed by atoms with E-state index in [4.69, 9.17) is 4.42 Å². The third-order valence-corrected chi connectivity index (χ3v) is 4.65. The van der Waals surface area contributed by atoms with Crippen LogP contribution in [0.1, 0.15) is 29.8 Å². The van der Waals surface area contributed by atoms with Gasteiger partial charge >= 0.3 is 0 Å². The molecular weight excluding hydrogens is 296 g/mol. The van der Waals surface area contributed by atoms with Crippen LogP contribution in [0.5, 0.6) is 0 Å². The zero-order valence-electron chi connectivity index (χ0n) is 10.4. The molecular formula is C13H17BrN2O2. The monoisotopic (exact) mass is 312 g/mol. The molecule has 0 spiro atoms. The number of fused-ring (bicyclic) bond motifs is 2. The van der Waals surface area contributed by atoms with Crippen molar-refractivity contribution in [1.82, 2.24) is 9.80 Å². The van der Waals surface area contributed by atoms with Crippen molar-refractivity contribution >= 4 is 21.8 Å². The van der Waals surface area contributed by atoms with Crippen molar-refractivity contribution in [3.63, 3.8) is 0 Å². The number of carbonyl (C=O) groups is 1. The predicted octanol–water partition coefficient (Wildman–Crippen LogP) is 2.35. The molecule has 0 aromatic carbocycles. The summed E-state index contributed by atoms with van der Waals surface area (Å²) >= 11 is 3.24. The first-order valence-electron chi connectivity index (χ1n) is 6.41. The Morgan fingerprint density at radius 1 is 1.33 bits per heavy atom. The Labute approximate surface area is 115 Å². The van der Waals surface area contributed by atoms with Gasteiger partial charge in [0.05, 0.1) is 0 Å². The fourth-order valence-electron chi connectivity index (χ4n) is 3.08. The van der Waals surface area contributed by atoms with Crippen LogP contribution in [0.2, 0.25) is 0 Å². The van der Waals surface area contributed by atoms with Crippen LogP contribution in [0.25, 0.3) is 0 Å². The maximum Gasteiger partial charge on any atom is 0.289 e. The summed E-state index contributed by atoms with van der Waals surface area (Å²) in [4.78, 5) is 16.7. The van der Waals surface area contributed by atoms with E-state index in [9.17, 15) is 4.79 Å². The lowest BCUT2D eigenvalue weighted by Gasteiger charge is -2.25. The van der Waals surface area contributed by atoms with Gasteiger partial charge in [-0.05, 0) is 54.4 Å². The van der Waals surface area contributed by atoms with Crippen LogP contribution in [0.3, 0.4) is 0 Å². The molecule has 2 bridgehead atoms. The number of likely N-dealkylation sites (N-methyl/N-ethyl adjacent to an activating group) is 1. The van der Waals surface area contributed by atoms with E-state index in [0.717, 1.165) is 19.5 Å². The number of hydrogen-bond donors (Lipinski definition) is 0. The highest BCUT2D eigenvalue weighted by atomic mass is 79.9. The van der Waals surface area contributed by atoms with E-state index in [2.05, 4.69) is 27.9 Å². The highest BCUT2D eigenvalue weighted by Crippen LogP contribution is 2.29. The summed E-state index contributed by atoms with van der Waals surface area (Å²) in [6.45, 7) is 1.66. The Balaban J connectivity index is 1.75. The van der Waals surface area contributed by atoms with Crippen molar-refractivity contribution in [2.24, 2.45) is 0 Å². The molecule has 1 aromatic heterocycles. The third kappa shape index (κ3) is 2.10. The molecule has 98 valence electrons. The van der Waals surface area contributed by atoms with Crippen LogP contribution in [0.4, 0.5) is 0 Å². The first kappa shape index (κ1) is 12.2. The van der Waals surface area contributed by atoms with Crippen LogP contribution in [0, 0.1) is 0 Å². The molecule has 0 N–H and O–H groups in total. The van der Waals surface area contributed by atoms with Crippen molar-refractivity contribution < 1.29 is 9.21 Å². The molecule has 2 aliphatic rings. The number of furan rings is 1. The van der Waals surface area contributed by atoms with Gasteiger partial charge in [-0.3, -0.25) is 9.69 Å². The van der Waals surface area contributed by atoms with Crippen molar-refractivity contribution in [2.75, 3.05) is 20.1 Å². The molecule has 5 heteroatoms. The molecule has 0 aliphatic carbocycles. The molecule has 2 aliphatic heterocycles. The number of likely N-dealkylation sites (tertiary alicyclic amines) is 1. The number of halogens is 1. The number of hydrogen-bond acceptors (Lipinski definition) is 3. The molecule has 4 nitrogen and oxygen atoms in total. The van der Waals surface area contributed by atoms with Crippen LogP contribution >= 0.6 is 15.9 Å². The highest BCUT2D eigenvalue weighted by molar-refractivity contribution is 9.10. The molecule has 2 atom stereocenters. The van der Waals surface area contributed by atoms with Gasteiger partial charge in [0.15, 0.2) is 10.4 Å². The maximum absolute atomic E-state index is 12.3. The first-order valence-corrected chi connectivity index (χ1v) is 7.21. The number of nitrogens with zero attached hydrogens (tertiary/aromatic N) is 2. The fourth-order valence-corrected chi connectivity index (χ4v) is 3.38. The normalized spacial score (nSPS) is 28.4. The number of amides is 1. The number of carbonyl (C=O) groups excluding carboxylic acids is 1. The first-order chi connectivity index (χ1) is 8.65. The summed E-state index contributed by atoms with van der Waals surface area (Å²) in [6.07, 6.45) is 3.54. The van der Waals surface area contributed by atoms with Crippen LogP contribution in [0.15, 0.2) is 21.2 Å². The van der Waals surface area contributed by atoms with Gasteiger partial charge in [0.2, 0.25) is 0 Å². The molecule has 0 radical (unpaired) electrons. The second-order valence-electron chi connectivity index (χ2n) is 5.19. The Morgan fingerprint density at radius 2 is 2.11 bits per heavy atom. The number of rotatable bonds is 1. The Kier molecular flexibility index (Phi) is 3.20. The van der Waals surface area contributed by atoms with Crippen molar-refractivity contribution in [1.29, 1.82) is 0 Å². The molecule has 1 aromatic rings. The van der Waals surface area contributed by atoms with Gasteiger partial charge in [-0.25, -0.2) is 0 Å². The summed E-state index contributed by atoms with van der Waals surface area (Å²) < 4.78 is 5.97. The summed E-state index contributed by atoms with van der Waals surface area (Å²) in [5.41, 5.74) is 0. The molecule has 2 saturated heterocycles. The zero-order valence-corrected chi connectivity index (χ0v) is 12.0. The minimum atomic E-state index is 0.0154. The van der Waals surface area contributed by atoms with E-state index >= 15 is 0 Å². The van der Waals surface area contributed by atoms with Gasteiger partial charge in [-0.1, -0.05) is 0 Å². The van der Waals surface area contributed by atoms with Crippen molar-refractivity contribution in [3.8, 4) is 0 Å². The molecule has 1 amide bonds. The SMILES string of the molecule is CN1C2CCC1CN(C(=O)c1ccc(Br)o1)CC2. The summed E-state index contributed by atoms with van der Waals surface area (Å²) in [6, 6.07) is 4.67. The van der Waals surface area contributed by atoms with Gasteiger partial charge in [-0.2, -0.15) is 0 Å². The largest absolute Gasteiger partial charge is 0.444 e. The molecule has 3 heterocycles. The van der Waals surface area contributed by atoms with E-state index in [-0.39, 0.29) is 5.91 Å². The second kappa shape index (κ2) is 4.70. The van der Waals surface area contributed by atoms with Crippen LogP contribution in [-0.4, -0.2) is 47.9 Å². The maximum atomic E-state index is 12.3. The van der Waals surface area contributed by atoms with Gasteiger partial charge in [0.25, 0.3) is 5.91 Å². The Bertz CT molecular complexity index is 460. The minimum absolute atomic E-state index is 0.0154. The third-order valence-electron chi connectivity index (χ3n) is 4.22. The average Bonchev–Trinajstić information content (AvgIpc) is 2.84. The lowest BCUT2D eigenvalue weighted by Crippen LogP contribution is -2.39. The van der Waals surface area contributed by atoms with E-state index in [1.807, 2.05) is 4.90 Å². The van der Waals surface area contributed by atoms with E-state index < -0.39 is 0 Å². The van der Waals surface area contributed by atoms with Gasteiger partial charge in [-0.15, -0.1) is 0 Å². The lowest BCUT2D eigenvalue weighted by molar-refractivity contribution is 0.0707. The van der Waals surface area contributed by atoms with Gasteiger partial charge < -0.3 is 9.32 Å². The minimum Gasteiger partial charge on any atom is -0.444 e. The van der Waals surface area contributed by atoms with E-state index in [0.29, 0.717) is 22.5 Å². The molecule has 3 rings (SSSR count). The van der Waals surface area contributed by atoms with Crippen LogP contribution < -0.4 is 0 Å². The summed E-state index contributed by atoms with van der Waals surface area (Å²) in [7, 11) is 2.18. The molecule has 2 unspecified atom stereocenters. The van der Waals surface area contributed by atoms with Crippen molar-refractivity contribution in [3.05, 3.63) is 22.6 Å². The van der Waals surface area contributed by atoms with Gasteiger partial charge in [0, 0.05) is 25.2 Å². The van der Waals surface area contributed by atoms with Crippen LogP contribution in [-0.2, 0) is 0 Å². The summed E-state index contributed by atoms with van der Waals surface area (Å²) in [5.74, 6) is 0.448. The summed E-state index contributed by atoms with van der Waals surface area (Å²) in [5, 5.41) is 0. The van der Waals surface area contributed by atoms with E-state index in [1.165, 1.54) is 12.8 Å². The molecule has 18 heavy (non-hydrogen) atoms. The topological polar surface area (TPSA) is 36.7 Å². The smallest absolute Gasteiger partial charge is 0.289 e. The Morgan fingerprint density at radius 3 is 2.83 bits per heavy atom. The lowest BCUT2D eigenvalue weighted by atomic mass is 10.1. The standard InChI is InChI=1S/C13H17BrN2O2/c1-15-9-2-3-10(15)8-16(7-6-9)13(17)11-4-5-12(14)18-11/h4-5,9-10H,2-3,6-8H2,1H3. The quantitative estimate of drug-likeness (QED) is 0.798. The average molecular weight is 313 g/mol. The molecule has 2 fully saturated rings.